The highest BCUT2D eigenvalue weighted by atomic mass is 16.3. The first kappa shape index (κ1) is 19.0. The van der Waals surface area contributed by atoms with Crippen molar-refractivity contribution in [3.05, 3.63) is 30.1 Å². The summed E-state index contributed by atoms with van der Waals surface area (Å²) in [4.78, 5) is 15.8. The van der Waals surface area contributed by atoms with E-state index < -0.39 is 23.7 Å². The van der Waals surface area contributed by atoms with Crippen LogP contribution in [0.15, 0.2) is 35.1 Å². The molecule has 9 N–H and O–H groups in total. The number of hydrogen-bond acceptors (Lipinski definition) is 8. The number of piperidine rings is 1. The van der Waals surface area contributed by atoms with Crippen LogP contribution in [0.1, 0.15) is 0 Å². The molecular formula is C16H23N7O4. The molecule has 2 aliphatic rings. The number of hydrogen-bond donors (Lipinski definition) is 7. The van der Waals surface area contributed by atoms with Gasteiger partial charge in [-0.2, -0.15) is 5.10 Å². The molecule has 2 unspecified atom stereocenters. The number of aliphatic hydroxyl groups is 3. The third kappa shape index (κ3) is 3.57. The van der Waals surface area contributed by atoms with Crippen LogP contribution in [0.2, 0.25) is 0 Å². The lowest BCUT2D eigenvalue weighted by Crippen LogP contribution is -2.57. The van der Waals surface area contributed by atoms with Crippen molar-refractivity contribution in [1.82, 2.24) is 20.4 Å². The third-order valence-corrected chi connectivity index (χ3v) is 4.70. The Bertz CT molecular complexity index is 804. The van der Waals surface area contributed by atoms with Crippen LogP contribution < -0.4 is 22.1 Å². The van der Waals surface area contributed by atoms with Crippen molar-refractivity contribution in [3.8, 4) is 0 Å². The zero-order valence-corrected chi connectivity index (χ0v) is 14.5. The fourth-order valence-corrected chi connectivity index (χ4v) is 3.24. The van der Waals surface area contributed by atoms with Crippen LogP contribution in [0.25, 0.3) is 0 Å². The molecule has 1 aromatic heterocycles. The van der Waals surface area contributed by atoms with E-state index in [4.69, 9.17) is 16.6 Å². The summed E-state index contributed by atoms with van der Waals surface area (Å²) in [6.45, 7) is 0.677. The van der Waals surface area contributed by atoms with Gasteiger partial charge >= 0.3 is 6.03 Å². The van der Waals surface area contributed by atoms with Crippen molar-refractivity contribution >= 4 is 23.2 Å². The summed E-state index contributed by atoms with van der Waals surface area (Å²) in [7, 11) is 0. The van der Waals surface area contributed by atoms with Crippen LogP contribution in [0.3, 0.4) is 0 Å². The second-order valence-electron chi connectivity index (χ2n) is 6.43. The topological polar surface area (TPSA) is 184 Å². The van der Waals surface area contributed by atoms with Gasteiger partial charge in [-0.05, 0) is 12.2 Å². The summed E-state index contributed by atoms with van der Waals surface area (Å²) in [5.41, 5.74) is 11.1. The summed E-state index contributed by atoms with van der Waals surface area (Å²) >= 11 is 0. The van der Waals surface area contributed by atoms with Gasteiger partial charge in [0.25, 0.3) is 0 Å². The van der Waals surface area contributed by atoms with Gasteiger partial charge in [0.05, 0.1) is 48.4 Å². The van der Waals surface area contributed by atoms with Crippen molar-refractivity contribution < 1.29 is 20.1 Å². The molecule has 11 heteroatoms. The van der Waals surface area contributed by atoms with Crippen molar-refractivity contribution in [1.29, 1.82) is 0 Å². The second kappa shape index (κ2) is 7.48. The number of nitrogens with zero attached hydrogens (tertiary/aromatic N) is 3. The van der Waals surface area contributed by atoms with Crippen LogP contribution in [0.4, 0.5) is 16.3 Å². The summed E-state index contributed by atoms with van der Waals surface area (Å²) in [6, 6.07) is -0.804. The van der Waals surface area contributed by atoms with Gasteiger partial charge in [-0.3, -0.25) is 0 Å². The zero-order valence-electron chi connectivity index (χ0n) is 14.5. The fraction of sp³-hybridized carbons (Fsp3) is 0.438. The lowest BCUT2D eigenvalue weighted by molar-refractivity contribution is -0.0327. The van der Waals surface area contributed by atoms with Crippen molar-refractivity contribution in [2.45, 2.75) is 18.8 Å². The molecule has 0 radical (unpaired) electrons. The van der Waals surface area contributed by atoms with Gasteiger partial charge in [0.2, 0.25) is 0 Å². The number of allylic oxidation sites excluding steroid dienone is 1. The van der Waals surface area contributed by atoms with E-state index in [0.717, 1.165) is 0 Å². The molecule has 0 bridgehead atoms. The van der Waals surface area contributed by atoms with Gasteiger partial charge in [-0.1, -0.05) is 6.08 Å². The Morgan fingerprint density at radius 2 is 2.15 bits per heavy atom. The summed E-state index contributed by atoms with van der Waals surface area (Å²) in [5.74, 6) is 0.255. The van der Waals surface area contributed by atoms with Gasteiger partial charge < -0.3 is 37.4 Å². The third-order valence-electron chi connectivity index (χ3n) is 4.70. The smallest absolute Gasteiger partial charge is 0.316 e. The highest BCUT2D eigenvalue weighted by Gasteiger charge is 2.45. The number of primary amides is 1. The molecule has 27 heavy (non-hydrogen) atoms. The lowest BCUT2D eigenvalue weighted by atomic mass is 9.71. The molecule has 11 nitrogen and oxygen atoms in total. The number of anilines is 1. The van der Waals surface area contributed by atoms with E-state index in [-0.39, 0.29) is 37.8 Å². The summed E-state index contributed by atoms with van der Waals surface area (Å²) < 4.78 is 1.40. The van der Waals surface area contributed by atoms with Gasteiger partial charge in [0, 0.05) is 13.1 Å². The van der Waals surface area contributed by atoms with Gasteiger partial charge in [0.1, 0.15) is 11.5 Å². The van der Waals surface area contributed by atoms with Crippen molar-refractivity contribution in [2.75, 3.05) is 25.4 Å². The summed E-state index contributed by atoms with van der Waals surface area (Å²) in [5, 5.41) is 39.3. The first-order chi connectivity index (χ1) is 12.9. The molecule has 1 spiro atoms. The van der Waals surface area contributed by atoms with Gasteiger partial charge in [0.15, 0.2) is 0 Å². The van der Waals surface area contributed by atoms with Crippen molar-refractivity contribution in [3.63, 3.8) is 0 Å². The number of carbonyl (C=O) groups is 1. The number of urea groups is 1. The Balaban J connectivity index is 2.00. The molecule has 1 fully saturated rings. The van der Waals surface area contributed by atoms with E-state index in [9.17, 15) is 15.0 Å². The number of aromatic nitrogens is 2. The Morgan fingerprint density at radius 1 is 1.44 bits per heavy atom. The Morgan fingerprint density at radius 3 is 2.78 bits per heavy atom. The number of aliphatic hydroxyl groups excluding tert-OH is 3. The number of aliphatic imine (C=N–C) groups is 1. The molecule has 0 saturated carbocycles. The van der Waals surface area contributed by atoms with Crippen molar-refractivity contribution in [2.24, 2.45) is 16.1 Å². The number of carbonyl (C=O) groups excluding carboxylic acids is 1. The molecule has 2 amide bonds. The summed E-state index contributed by atoms with van der Waals surface area (Å²) in [6.07, 6.45) is 4.43. The highest BCUT2D eigenvalue weighted by Crippen LogP contribution is 2.37. The number of nitrogens with one attached hydrogen (secondary N) is 2. The first-order valence-electron chi connectivity index (χ1n) is 8.44. The molecule has 0 aromatic carbocycles. The average molecular weight is 377 g/mol. The minimum atomic E-state index is -1.07. The molecule has 2 atom stereocenters. The number of amides is 2. The number of β-amino-alcohol motifs (C(OH)–C–C–N with tert-alkyl or cyclic N) is 2. The second-order valence-corrected chi connectivity index (χ2v) is 6.43. The van der Waals surface area contributed by atoms with Gasteiger partial charge in [-0.25, -0.2) is 14.5 Å². The van der Waals surface area contributed by atoms with E-state index in [1.54, 1.807) is 18.2 Å². The predicted molar refractivity (Wildman–Crippen MR) is 98.1 cm³/mol. The van der Waals surface area contributed by atoms with Crippen LogP contribution >= 0.6 is 0 Å². The maximum absolute atomic E-state index is 11.4. The monoisotopic (exact) mass is 377 g/mol. The maximum Gasteiger partial charge on any atom is 0.316 e. The zero-order chi connectivity index (χ0) is 19.6. The van der Waals surface area contributed by atoms with E-state index >= 15 is 0 Å². The molecule has 2 heterocycles. The van der Waals surface area contributed by atoms with E-state index in [0.29, 0.717) is 11.4 Å². The van der Waals surface area contributed by atoms with E-state index in [2.05, 4.69) is 20.7 Å². The molecule has 1 aromatic rings. The minimum Gasteiger partial charge on any atom is -0.394 e. The standard InChI is InChI=1S/C16H23N7O4/c17-14-11(6-20-23(14)3-4-24)21-9-1-2-16(5-10(9)22-15(18)27)12(25)7-19-8-13(16)26/h1-2,5-6,12-13,19,24-26H,3-4,7-8,17H2,(H3,18,22,27). The number of nitrogen functional groups attached to an aromatic ring is 1. The van der Waals surface area contributed by atoms with Gasteiger partial charge in [-0.15, -0.1) is 0 Å². The highest BCUT2D eigenvalue weighted by molar-refractivity contribution is 6.12. The predicted octanol–water partition coefficient (Wildman–Crippen LogP) is -2.04. The molecular weight excluding hydrogens is 354 g/mol. The molecule has 1 aliphatic carbocycles. The molecule has 3 rings (SSSR count). The molecule has 146 valence electrons. The van der Waals surface area contributed by atoms with E-state index in [1.165, 1.54) is 10.9 Å². The number of rotatable bonds is 4. The molecule has 1 saturated heterocycles. The first-order valence-corrected chi connectivity index (χ1v) is 8.44. The normalized spacial score (nSPS) is 29.1. The lowest BCUT2D eigenvalue weighted by Gasteiger charge is -2.43. The Labute approximate surface area is 155 Å². The van der Waals surface area contributed by atoms with Crippen LogP contribution in [-0.2, 0) is 6.54 Å². The Kier molecular flexibility index (Phi) is 5.28. The van der Waals surface area contributed by atoms with Crippen LogP contribution in [0, 0.1) is 5.41 Å². The average Bonchev–Trinajstić information content (AvgIpc) is 2.95. The van der Waals surface area contributed by atoms with Crippen LogP contribution in [-0.4, -0.2) is 68.7 Å². The quantitative estimate of drug-likeness (QED) is 0.315. The Hall–Kier alpha value is -2.73. The SMILES string of the molecule is NC(=O)NC1=CC2(C=CC1=Nc1cnn(CCO)c1N)C(O)CNCC2O. The molecule has 1 aliphatic heterocycles. The van der Waals surface area contributed by atoms with E-state index in [1.807, 2.05) is 0 Å². The largest absolute Gasteiger partial charge is 0.394 e. The fourth-order valence-electron chi connectivity index (χ4n) is 3.24. The number of nitrogens with two attached hydrogens (primary N) is 2. The maximum atomic E-state index is 11.4. The van der Waals surface area contributed by atoms with Crippen LogP contribution in [0.5, 0.6) is 0 Å². The minimum absolute atomic E-state index is 0.123.